The first-order valence-electron chi connectivity index (χ1n) is 4.47. The molecule has 0 atom stereocenters. The molecule has 1 N–H and O–H groups in total. The highest BCUT2D eigenvalue weighted by molar-refractivity contribution is 5.89. The molecule has 5 heteroatoms. The summed E-state index contributed by atoms with van der Waals surface area (Å²) in [6.07, 6.45) is 1.19. The van der Waals surface area contributed by atoms with Gasteiger partial charge in [0, 0.05) is 6.20 Å². The van der Waals surface area contributed by atoms with Gasteiger partial charge in [-0.2, -0.15) is 0 Å². The fourth-order valence-electron chi connectivity index (χ4n) is 1.07. The lowest BCUT2D eigenvalue weighted by Gasteiger charge is -2.02. The van der Waals surface area contributed by atoms with E-state index >= 15 is 0 Å². The van der Waals surface area contributed by atoms with Crippen LogP contribution in [0.1, 0.15) is 23.0 Å². The Balaban J connectivity index is 2.82. The first-order chi connectivity index (χ1) is 7.13. The van der Waals surface area contributed by atoms with Gasteiger partial charge in [-0.1, -0.05) is 0 Å². The predicted octanol–water partition coefficient (Wildman–Crippen LogP) is 0.885. The minimum Gasteiger partial charge on any atom is -0.481 e. The van der Waals surface area contributed by atoms with Gasteiger partial charge >= 0.3 is 11.9 Å². The Morgan fingerprint density at radius 3 is 2.87 bits per heavy atom. The number of ether oxygens (including phenoxy) is 1. The number of rotatable bonds is 4. The van der Waals surface area contributed by atoms with E-state index in [0.717, 1.165) is 0 Å². The van der Waals surface area contributed by atoms with Gasteiger partial charge in [-0.25, -0.2) is 4.79 Å². The molecule has 1 aromatic heterocycles. The Labute approximate surface area is 86.7 Å². The molecule has 0 saturated heterocycles. The molecular formula is C10H11NO4. The number of carboxylic acids is 1. The second-order valence-electron chi connectivity index (χ2n) is 2.83. The lowest BCUT2D eigenvalue weighted by Crippen LogP contribution is -2.07. The fraction of sp³-hybridized carbons (Fsp3) is 0.300. The lowest BCUT2D eigenvalue weighted by molar-refractivity contribution is -0.136. The van der Waals surface area contributed by atoms with Crippen molar-refractivity contribution in [3.05, 3.63) is 29.6 Å². The molecule has 0 radical (unpaired) electrons. The topological polar surface area (TPSA) is 76.5 Å². The van der Waals surface area contributed by atoms with E-state index in [9.17, 15) is 9.59 Å². The van der Waals surface area contributed by atoms with Crippen LogP contribution < -0.4 is 0 Å². The minimum atomic E-state index is -0.983. The van der Waals surface area contributed by atoms with Gasteiger partial charge in [0.25, 0.3) is 0 Å². The van der Waals surface area contributed by atoms with E-state index in [1.54, 1.807) is 6.92 Å². The Kier molecular flexibility index (Phi) is 3.79. The average Bonchev–Trinajstić information content (AvgIpc) is 2.17. The predicted molar refractivity (Wildman–Crippen MR) is 51.5 cm³/mol. The van der Waals surface area contributed by atoms with Crippen LogP contribution in [0.25, 0.3) is 0 Å². The number of carbonyl (C=O) groups is 2. The number of carbonyl (C=O) groups excluding carboxylic acids is 1. The number of hydrogen-bond donors (Lipinski definition) is 1. The van der Waals surface area contributed by atoms with Gasteiger partial charge in [0.15, 0.2) is 0 Å². The average molecular weight is 209 g/mol. The number of nitrogens with zero attached hydrogens (tertiary/aromatic N) is 1. The molecule has 5 nitrogen and oxygen atoms in total. The fourth-order valence-corrected chi connectivity index (χ4v) is 1.07. The summed E-state index contributed by atoms with van der Waals surface area (Å²) < 4.78 is 4.77. The van der Waals surface area contributed by atoms with Crippen molar-refractivity contribution in [3.8, 4) is 0 Å². The number of pyridine rings is 1. The summed E-state index contributed by atoms with van der Waals surface area (Å²) in [6, 6.07) is 2.91. The van der Waals surface area contributed by atoms with Gasteiger partial charge in [-0.3, -0.25) is 9.78 Å². The number of carboxylic acid groups (broad SMARTS) is 1. The monoisotopic (exact) mass is 209 g/mol. The third-order valence-corrected chi connectivity index (χ3v) is 1.66. The zero-order valence-corrected chi connectivity index (χ0v) is 8.27. The molecule has 0 aromatic carbocycles. The van der Waals surface area contributed by atoms with Crippen LogP contribution in [0.2, 0.25) is 0 Å². The SMILES string of the molecule is CCOC(=O)c1ccnc(CC(=O)O)c1. The maximum atomic E-state index is 11.3. The molecule has 0 unspecified atom stereocenters. The Bertz CT molecular complexity index is 375. The zero-order valence-electron chi connectivity index (χ0n) is 8.27. The van der Waals surface area contributed by atoms with Gasteiger partial charge in [0.2, 0.25) is 0 Å². The van der Waals surface area contributed by atoms with E-state index in [2.05, 4.69) is 4.98 Å². The zero-order chi connectivity index (χ0) is 11.3. The second-order valence-corrected chi connectivity index (χ2v) is 2.83. The summed E-state index contributed by atoms with van der Waals surface area (Å²) in [6.45, 7) is 1.99. The van der Waals surface area contributed by atoms with Crippen molar-refractivity contribution in [1.82, 2.24) is 4.98 Å². The van der Waals surface area contributed by atoms with Crippen molar-refractivity contribution in [2.24, 2.45) is 0 Å². The van der Waals surface area contributed by atoms with Gasteiger partial charge in [0.05, 0.1) is 24.3 Å². The standard InChI is InChI=1S/C10H11NO4/c1-2-15-10(14)7-3-4-11-8(5-7)6-9(12)13/h3-5H,2,6H2,1H3,(H,12,13). The first kappa shape index (κ1) is 11.2. The van der Waals surface area contributed by atoms with Crippen LogP contribution in [0, 0.1) is 0 Å². The first-order valence-corrected chi connectivity index (χ1v) is 4.47. The summed E-state index contributed by atoms with van der Waals surface area (Å²) in [7, 11) is 0. The third-order valence-electron chi connectivity index (χ3n) is 1.66. The molecule has 0 saturated carbocycles. The molecule has 0 amide bonds. The van der Waals surface area contributed by atoms with Crippen LogP contribution in [0.15, 0.2) is 18.3 Å². The third kappa shape index (κ3) is 3.38. The van der Waals surface area contributed by atoms with Crippen LogP contribution in [0.5, 0.6) is 0 Å². The highest BCUT2D eigenvalue weighted by Gasteiger charge is 2.09. The van der Waals surface area contributed by atoms with Gasteiger partial charge in [-0.15, -0.1) is 0 Å². The van der Waals surface area contributed by atoms with Crippen molar-refractivity contribution < 1.29 is 19.4 Å². The normalized spacial score (nSPS) is 9.67. The molecule has 0 aliphatic rings. The molecule has 80 valence electrons. The van der Waals surface area contributed by atoms with Crippen molar-refractivity contribution in [2.75, 3.05) is 6.61 Å². The van der Waals surface area contributed by atoms with E-state index < -0.39 is 11.9 Å². The lowest BCUT2D eigenvalue weighted by atomic mass is 10.2. The van der Waals surface area contributed by atoms with Crippen LogP contribution in [0.3, 0.4) is 0 Å². The molecule has 1 heterocycles. The summed E-state index contributed by atoms with van der Waals surface area (Å²) in [5.41, 5.74) is 0.663. The van der Waals surface area contributed by atoms with Crippen molar-refractivity contribution in [2.45, 2.75) is 13.3 Å². The number of hydrogen-bond acceptors (Lipinski definition) is 4. The van der Waals surface area contributed by atoms with Crippen molar-refractivity contribution in [3.63, 3.8) is 0 Å². The molecule has 0 aliphatic heterocycles. The quantitative estimate of drug-likeness (QED) is 0.745. The summed E-state index contributed by atoms with van der Waals surface area (Å²) in [5, 5.41) is 8.54. The number of aromatic nitrogens is 1. The molecule has 0 aliphatic carbocycles. The van der Waals surface area contributed by atoms with Crippen LogP contribution >= 0.6 is 0 Å². The second kappa shape index (κ2) is 5.09. The number of esters is 1. The van der Waals surface area contributed by atoms with E-state index in [0.29, 0.717) is 11.3 Å². The minimum absolute atomic E-state index is 0.201. The molecule has 1 rings (SSSR count). The summed E-state index contributed by atoms with van der Waals surface area (Å²) >= 11 is 0. The van der Waals surface area contributed by atoms with Crippen molar-refractivity contribution in [1.29, 1.82) is 0 Å². The van der Waals surface area contributed by atoms with Crippen LogP contribution in [-0.4, -0.2) is 28.6 Å². The highest BCUT2D eigenvalue weighted by Crippen LogP contribution is 2.04. The van der Waals surface area contributed by atoms with E-state index in [1.165, 1.54) is 18.3 Å². The number of aliphatic carboxylic acids is 1. The van der Waals surface area contributed by atoms with Crippen LogP contribution in [-0.2, 0) is 16.0 Å². The molecule has 0 bridgehead atoms. The van der Waals surface area contributed by atoms with E-state index in [-0.39, 0.29) is 13.0 Å². The maximum Gasteiger partial charge on any atom is 0.338 e. The van der Waals surface area contributed by atoms with Crippen molar-refractivity contribution >= 4 is 11.9 Å². The largest absolute Gasteiger partial charge is 0.481 e. The Morgan fingerprint density at radius 2 is 2.27 bits per heavy atom. The summed E-state index contributed by atoms with van der Waals surface area (Å²) in [4.78, 5) is 25.5. The summed E-state index contributed by atoms with van der Waals surface area (Å²) in [5.74, 6) is -1.45. The smallest absolute Gasteiger partial charge is 0.338 e. The highest BCUT2D eigenvalue weighted by atomic mass is 16.5. The maximum absolute atomic E-state index is 11.3. The van der Waals surface area contributed by atoms with Gasteiger partial charge in [-0.05, 0) is 19.1 Å². The van der Waals surface area contributed by atoms with Crippen LogP contribution in [0.4, 0.5) is 0 Å². The Hall–Kier alpha value is -1.91. The van der Waals surface area contributed by atoms with Gasteiger partial charge < -0.3 is 9.84 Å². The molecule has 0 fully saturated rings. The molecular weight excluding hydrogens is 198 g/mol. The molecule has 15 heavy (non-hydrogen) atoms. The Morgan fingerprint density at radius 1 is 1.53 bits per heavy atom. The van der Waals surface area contributed by atoms with Gasteiger partial charge in [0.1, 0.15) is 0 Å². The van der Waals surface area contributed by atoms with E-state index in [4.69, 9.17) is 9.84 Å². The molecule has 1 aromatic rings. The molecule has 0 spiro atoms. The van der Waals surface area contributed by atoms with E-state index in [1.807, 2.05) is 0 Å².